The van der Waals surface area contributed by atoms with E-state index in [4.69, 9.17) is 4.74 Å². The monoisotopic (exact) mass is 406 g/mol. The number of fused-ring (bicyclic) bond motifs is 1. The predicted molar refractivity (Wildman–Crippen MR) is 101 cm³/mol. The van der Waals surface area contributed by atoms with E-state index < -0.39 is 35.7 Å². The number of H-pyrrole nitrogens is 1. The smallest absolute Gasteiger partial charge is 0.328 e. The number of carbonyl (C=O) groups is 2. The normalized spacial score (nSPS) is 17.0. The molecule has 0 aliphatic carbocycles. The maximum absolute atomic E-state index is 14.6. The van der Waals surface area contributed by atoms with Gasteiger partial charge in [-0.1, -0.05) is 26.0 Å². The second-order valence-corrected chi connectivity index (χ2v) is 7.41. The predicted octanol–water partition coefficient (Wildman–Crippen LogP) is 2.93. The molecule has 7 nitrogen and oxygen atoms in total. The van der Waals surface area contributed by atoms with Gasteiger partial charge in [0.05, 0.1) is 19.1 Å². The molecule has 9 heteroatoms. The van der Waals surface area contributed by atoms with Crippen molar-refractivity contribution < 1.29 is 23.1 Å². The molecule has 29 heavy (non-hydrogen) atoms. The largest absolute Gasteiger partial charge is 0.467 e. The molecule has 156 valence electrons. The van der Waals surface area contributed by atoms with Crippen LogP contribution in [0.25, 0.3) is 0 Å². The van der Waals surface area contributed by atoms with Gasteiger partial charge in [-0.3, -0.25) is 0 Å². The number of nitrogens with one attached hydrogen (secondary N) is 2. The summed E-state index contributed by atoms with van der Waals surface area (Å²) in [5.74, 6) is -2.45. The number of nitrogens with zero attached hydrogens (tertiary/aromatic N) is 2. The van der Waals surface area contributed by atoms with Gasteiger partial charge in [0.2, 0.25) is 0 Å². The van der Waals surface area contributed by atoms with Crippen LogP contribution in [0.15, 0.2) is 24.5 Å². The van der Waals surface area contributed by atoms with Crippen molar-refractivity contribution in [3.05, 3.63) is 53.1 Å². The molecule has 0 saturated heterocycles. The summed E-state index contributed by atoms with van der Waals surface area (Å²) in [6.45, 7) is 4.09. The number of amides is 2. The summed E-state index contributed by atoms with van der Waals surface area (Å²) < 4.78 is 33.3. The Hall–Kier alpha value is -2.97. The zero-order valence-corrected chi connectivity index (χ0v) is 16.5. The van der Waals surface area contributed by atoms with Crippen molar-refractivity contribution in [2.45, 2.75) is 38.8 Å². The number of benzene rings is 1. The van der Waals surface area contributed by atoms with Crippen molar-refractivity contribution in [1.82, 2.24) is 20.2 Å². The van der Waals surface area contributed by atoms with Gasteiger partial charge in [-0.2, -0.15) is 0 Å². The maximum Gasteiger partial charge on any atom is 0.328 e. The number of carbonyl (C=O) groups excluding carboxylic acids is 2. The summed E-state index contributed by atoms with van der Waals surface area (Å²) in [6, 6.07) is 1.51. The standard InChI is InChI=1S/C20H24F2N4O3/c1-11(2)9-15(19(27)29-3)25-20(28)26-8-7-14-17(24-10-23-14)18(26)12-5-4-6-13(21)16(12)22/h4-6,10-11,15,18H,7-9H2,1-3H3,(H,23,24)(H,25,28)/t15-,18+/m0/s1. The molecule has 0 saturated carbocycles. The maximum atomic E-state index is 14.6. The lowest BCUT2D eigenvalue weighted by Crippen LogP contribution is -2.51. The number of rotatable bonds is 5. The van der Waals surface area contributed by atoms with Crippen molar-refractivity contribution in [3.63, 3.8) is 0 Å². The first-order chi connectivity index (χ1) is 13.8. The Balaban J connectivity index is 1.95. The van der Waals surface area contributed by atoms with E-state index in [0.29, 0.717) is 18.5 Å². The molecule has 3 rings (SSSR count). The molecule has 2 aromatic rings. The first-order valence-electron chi connectivity index (χ1n) is 9.44. The van der Waals surface area contributed by atoms with Crippen LogP contribution in [-0.2, 0) is 16.0 Å². The molecule has 0 spiro atoms. The van der Waals surface area contributed by atoms with E-state index in [0.717, 1.165) is 11.8 Å². The molecule has 1 aliphatic rings. The number of esters is 1. The SMILES string of the molecule is COC(=O)[C@H](CC(C)C)NC(=O)N1CCc2[nH]cnc2[C@H]1c1cccc(F)c1F. The molecule has 1 aliphatic heterocycles. The quantitative estimate of drug-likeness (QED) is 0.748. The van der Waals surface area contributed by atoms with Gasteiger partial charge in [-0.15, -0.1) is 0 Å². The summed E-state index contributed by atoms with van der Waals surface area (Å²) in [4.78, 5) is 33.8. The van der Waals surface area contributed by atoms with Crippen LogP contribution in [-0.4, -0.2) is 46.6 Å². The highest BCUT2D eigenvalue weighted by molar-refractivity contribution is 5.84. The third-order valence-corrected chi connectivity index (χ3v) is 4.95. The molecule has 2 N–H and O–H groups in total. The second kappa shape index (κ2) is 8.59. The van der Waals surface area contributed by atoms with Crippen molar-refractivity contribution in [2.24, 2.45) is 5.92 Å². The average molecular weight is 406 g/mol. The second-order valence-electron chi connectivity index (χ2n) is 7.41. The first kappa shape index (κ1) is 20.8. The lowest BCUT2D eigenvalue weighted by Gasteiger charge is -2.36. The number of halogens is 2. The Labute approximate surface area is 167 Å². The lowest BCUT2D eigenvalue weighted by molar-refractivity contribution is -0.143. The topological polar surface area (TPSA) is 87.3 Å². The van der Waals surface area contributed by atoms with Gasteiger partial charge in [0.25, 0.3) is 0 Å². The fraction of sp³-hybridized carbons (Fsp3) is 0.450. The average Bonchev–Trinajstić information content (AvgIpc) is 3.16. The van der Waals surface area contributed by atoms with E-state index in [2.05, 4.69) is 15.3 Å². The molecular weight excluding hydrogens is 382 g/mol. The minimum Gasteiger partial charge on any atom is -0.467 e. The third kappa shape index (κ3) is 4.23. The van der Waals surface area contributed by atoms with Crippen LogP contribution in [0.2, 0.25) is 0 Å². The Morgan fingerprint density at radius 3 is 2.83 bits per heavy atom. The molecule has 0 fully saturated rings. The zero-order chi connectivity index (χ0) is 21.1. The Bertz CT molecular complexity index is 900. The molecule has 2 amide bonds. The highest BCUT2D eigenvalue weighted by Gasteiger charge is 2.37. The van der Waals surface area contributed by atoms with E-state index in [1.54, 1.807) is 0 Å². The molecule has 2 heterocycles. The number of imidazole rings is 1. The van der Waals surface area contributed by atoms with E-state index in [-0.39, 0.29) is 18.0 Å². The number of ether oxygens (including phenoxy) is 1. The third-order valence-electron chi connectivity index (χ3n) is 4.95. The Morgan fingerprint density at radius 2 is 2.14 bits per heavy atom. The van der Waals surface area contributed by atoms with Gasteiger partial charge in [0, 0.05) is 24.2 Å². The van der Waals surface area contributed by atoms with Crippen LogP contribution < -0.4 is 5.32 Å². The minimum atomic E-state index is -1.03. The van der Waals surface area contributed by atoms with Crippen LogP contribution in [0.3, 0.4) is 0 Å². The number of methoxy groups -OCH3 is 1. The van der Waals surface area contributed by atoms with E-state index in [1.807, 2.05) is 13.8 Å². The fourth-order valence-electron chi connectivity index (χ4n) is 3.60. The van der Waals surface area contributed by atoms with Gasteiger partial charge < -0.3 is 19.9 Å². The van der Waals surface area contributed by atoms with Gasteiger partial charge in [-0.05, 0) is 18.4 Å². The van der Waals surface area contributed by atoms with Crippen LogP contribution in [0, 0.1) is 17.6 Å². The summed E-state index contributed by atoms with van der Waals surface area (Å²) in [6.07, 6.45) is 2.33. The van der Waals surface area contributed by atoms with Crippen LogP contribution in [0.4, 0.5) is 13.6 Å². The van der Waals surface area contributed by atoms with Crippen LogP contribution in [0.5, 0.6) is 0 Å². The van der Waals surface area contributed by atoms with E-state index in [9.17, 15) is 18.4 Å². The zero-order valence-electron chi connectivity index (χ0n) is 16.5. The number of aromatic nitrogens is 2. The summed E-state index contributed by atoms with van der Waals surface area (Å²) in [5, 5.41) is 2.68. The van der Waals surface area contributed by atoms with Crippen molar-refractivity contribution in [2.75, 3.05) is 13.7 Å². The lowest BCUT2D eigenvalue weighted by atomic mass is 9.95. The van der Waals surface area contributed by atoms with E-state index in [1.165, 1.54) is 30.5 Å². The van der Waals surface area contributed by atoms with Crippen LogP contribution in [0.1, 0.15) is 43.3 Å². The highest BCUT2D eigenvalue weighted by Crippen LogP contribution is 2.35. The minimum absolute atomic E-state index is 0.00618. The number of urea groups is 1. The van der Waals surface area contributed by atoms with E-state index >= 15 is 0 Å². The molecule has 1 aromatic carbocycles. The molecule has 1 aromatic heterocycles. The number of aromatic amines is 1. The highest BCUT2D eigenvalue weighted by atomic mass is 19.2. The Kier molecular flexibility index (Phi) is 6.14. The molecule has 0 bridgehead atoms. The molecule has 0 radical (unpaired) electrons. The first-order valence-corrected chi connectivity index (χ1v) is 9.44. The summed E-state index contributed by atoms with van der Waals surface area (Å²) in [5.41, 5.74) is 1.22. The molecular formula is C20H24F2N4O3. The van der Waals surface area contributed by atoms with Gasteiger partial charge in [-0.25, -0.2) is 23.4 Å². The van der Waals surface area contributed by atoms with Crippen molar-refractivity contribution in [1.29, 1.82) is 0 Å². The van der Waals surface area contributed by atoms with Gasteiger partial charge in [0.15, 0.2) is 11.6 Å². The van der Waals surface area contributed by atoms with Crippen LogP contribution >= 0.6 is 0 Å². The molecule has 0 unspecified atom stereocenters. The van der Waals surface area contributed by atoms with Gasteiger partial charge >= 0.3 is 12.0 Å². The van der Waals surface area contributed by atoms with Crippen molar-refractivity contribution >= 4 is 12.0 Å². The fourth-order valence-corrected chi connectivity index (χ4v) is 3.60. The van der Waals surface area contributed by atoms with Gasteiger partial charge in [0.1, 0.15) is 12.1 Å². The van der Waals surface area contributed by atoms with Crippen molar-refractivity contribution in [3.8, 4) is 0 Å². The number of hydrogen-bond acceptors (Lipinski definition) is 4. The molecule has 2 atom stereocenters. The number of hydrogen-bond donors (Lipinski definition) is 2. The summed E-state index contributed by atoms with van der Waals surface area (Å²) >= 11 is 0. The Morgan fingerprint density at radius 1 is 1.38 bits per heavy atom. The summed E-state index contributed by atoms with van der Waals surface area (Å²) in [7, 11) is 1.25.